The van der Waals surface area contributed by atoms with Crippen molar-refractivity contribution in [3.63, 3.8) is 0 Å². The van der Waals surface area contributed by atoms with Gasteiger partial charge in [0.2, 0.25) is 5.91 Å². The van der Waals surface area contributed by atoms with E-state index in [0.29, 0.717) is 30.3 Å². The number of rotatable bonds is 5. The van der Waals surface area contributed by atoms with Crippen LogP contribution in [0.5, 0.6) is 0 Å². The Bertz CT molecular complexity index is 888. The first-order chi connectivity index (χ1) is 13.9. The molecule has 6 heteroatoms. The summed E-state index contributed by atoms with van der Waals surface area (Å²) in [6.07, 6.45) is 9.38. The van der Waals surface area contributed by atoms with Crippen LogP contribution in [-0.4, -0.2) is 39.4 Å². The molecule has 6 nitrogen and oxygen atoms in total. The maximum absolute atomic E-state index is 13.6. The quantitative estimate of drug-likeness (QED) is 0.761. The zero-order valence-corrected chi connectivity index (χ0v) is 17.9. The summed E-state index contributed by atoms with van der Waals surface area (Å²) in [5, 5.41) is 3.30. The van der Waals surface area contributed by atoms with Gasteiger partial charge in [0.05, 0.1) is 18.3 Å². The molecule has 0 spiro atoms. The first kappa shape index (κ1) is 20.0. The zero-order chi connectivity index (χ0) is 20.6. The number of furan rings is 1. The molecule has 4 rings (SSSR count). The van der Waals surface area contributed by atoms with Gasteiger partial charge in [-0.05, 0) is 32.1 Å². The SMILES string of the molecule is CC(C)CCN1C(=O)c2cc3occc3n2CC1(C)C(=O)NC1CCCCCC1. The molecule has 1 fully saturated rings. The number of carbonyl (C=O) groups is 2. The predicted molar refractivity (Wildman–Crippen MR) is 113 cm³/mol. The van der Waals surface area contributed by atoms with Crippen molar-refractivity contribution in [1.29, 1.82) is 0 Å². The molecule has 3 heterocycles. The van der Waals surface area contributed by atoms with Crippen LogP contribution in [-0.2, 0) is 11.3 Å². The average Bonchev–Trinajstić information content (AvgIpc) is 3.16. The van der Waals surface area contributed by atoms with E-state index in [1.165, 1.54) is 12.8 Å². The maximum atomic E-state index is 13.6. The van der Waals surface area contributed by atoms with Crippen molar-refractivity contribution in [2.24, 2.45) is 5.92 Å². The minimum Gasteiger partial charge on any atom is -0.463 e. The topological polar surface area (TPSA) is 67.5 Å². The van der Waals surface area contributed by atoms with Crippen molar-refractivity contribution >= 4 is 22.9 Å². The molecule has 29 heavy (non-hydrogen) atoms. The maximum Gasteiger partial charge on any atom is 0.271 e. The largest absolute Gasteiger partial charge is 0.463 e. The molecule has 1 aliphatic heterocycles. The molecule has 2 amide bonds. The highest BCUT2D eigenvalue weighted by molar-refractivity contribution is 6.02. The van der Waals surface area contributed by atoms with Gasteiger partial charge in [-0.25, -0.2) is 0 Å². The van der Waals surface area contributed by atoms with Crippen molar-refractivity contribution in [2.75, 3.05) is 6.54 Å². The number of aromatic nitrogens is 1. The number of hydrogen-bond donors (Lipinski definition) is 1. The average molecular weight is 400 g/mol. The highest BCUT2D eigenvalue weighted by Crippen LogP contribution is 2.33. The lowest BCUT2D eigenvalue weighted by molar-refractivity contribution is -0.133. The Morgan fingerprint density at radius 1 is 1.28 bits per heavy atom. The first-order valence-corrected chi connectivity index (χ1v) is 11.1. The van der Waals surface area contributed by atoms with E-state index in [1.807, 2.05) is 23.6 Å². The molecule has 0 saturated heterocycles. The van der Waals surface area contributed by atoms with Gasteiger partial charge in [-0.1, -0.05) is 39.5 Å². The third-order valence-electron chi connectivity index (χ3n) is 6.66. The molecule has 1 atom stereocenters. The van der Waals surface area contributed by atoms with Gasteiger partial charge in [-0.15, -0.1) is 0 Å². The van der Waals surface area contributed by atoms with Crippen LogP contribution in [0.4, 0.5) is 0 Å². The molecule has 0 radical (unpaired) electrons. The summed E-state index contributed by atoms with van der Waals surface area (Å²) in [6, 6.07) is 3.89. The second-order valence-electron chi connectivity index (χ2n) is 9.36. The molecule has 1 aliphatic carbocycles. The third kappa shape index (κ3) is 3.69. The minimum atomic E-state index is -0.908. The van der Waals surface area contributed by atoms with Gasteiger partial charge in [0.25, 0.3) is 5.91 Å². The second kappa shape index (κ2) is 7.88. The Balaban J connectivity index is 1.66. The molecule has 2 aliphatic rings. The van der Waals surface area contributed by atoms with Crippen molar-refractivity contribution < 1.29 is 14.0 Å². The van der Waals surface area contributed by atoms with E-state index >= 15 is 0 Å². The summed E-state index contributed by atoms with van der Waals surface area (Å²) >= 11 is 0. The van der Waals surface area contributed by atoms with Crippen molar-refractivity contribution in [1.82, 2.24) is 14.8 Å². The van der Waals surface area contributed by atoms with Crippen LogP contribution in [0, 0.1) is 5.92 Å². The molecule has 0 aromatic carbocycles. The summed E-state index contributed by atoms with van der Waals surface area (Å²) < 4.78 is 7.48. The Morgan fingerprint density at radius 3 is 2.69 bits per heavy atom. The normalized spacial score (nSPS) is 23.4. The Labute approximate surface area is 172 Å². The smallest absolute Gasteiger partial charge is 0.271 e. The number of fused-ring (bicyclic) bond motifs is 3. The van der Waals surface area contributed by atoms with E-state index in [4.69, 9.17) is 4.42 Å². The summed E-state index contributed by atoms with van der Waals surface area (Å²) in [5.41, 5.74) is 1.29. The van der Waals surface area contributed by atoms with Crippen molar-refractivity contribution in [2.45, 2.75) is 83.8 Å². The van der Waals surface area contributed by atoms with Gasteiger partial charge in [0.1, 0.15) is 11.2 Å². The molecule has 0 bridgehead atoms. The fourth-order valence-corrected chi connectivity index (χ4v) is 4.77. The van der Waals surface area contributed by atoms with E-state index in [1.54, 1.807) is 11.2 Å². The molecular weight excluding hydrogens is 366 g/mol. The van der Waals surface area contributed by atoms with Crippen LogP contribution in [0.3, 0.4) is 0 Å². The summed E-state index contributed by atoms with van der Waals surface area (Å²) in [5.74, 6) is 0.348. The standard InChI is InChI=1S/C23H33N3O3/c1-16(2)10-12-26-21(27)19-14-20-18(11-13-29-20)25(19)15-23(26,3)22(28)24-17-8-6-4-5-7-9-17/h11,13-14,16-17H,4-10,12,15H2,1-3H3,(H,24,28). The van der Waals surface area contributed by atoms with E-state index in [0.717, 1.165) is 37.6 Å². The molecule has 2 aromatic heterocycles. The number of hydrogen-bond acceptors (Lipinski definition) is 3. The van der Waals surface area contributed by atoms with E-state index in [9.17, 15) is 9.59 Å². The van der Waals surface area contributed by atoms with Gasteiger partial charge in [-0.3, -0.25) is 9.59 Å². The fraction of sp³-hybridized carbons (Fsp3) is 0.652. The monoisotopic (exact) mass is 399 g/mol. The summed E-state index contributed by atoms with van der Waals surface area (Å²) in [6.45, 7) is 7.25. The van der Waals surface area contributed by atoms with Gasteiger partial charge < -0.3 is 19.2 Å². The van der Waals surface area contributed by atoms with Crippen molar-refractivity contribution in [3.8, 4) is 0 Å². The lowest BCUT2D eigenvalue weighted by atomic mass is 9.92. The molecule has 1 unspecified atom stereocenters. The third-order valence-corrected chi connectivity index (χ3v) is 6.66. The summed E-state index contributed by atoms with van der Waals surface area (Å²) in [7, 11) is 0. The molecule has 1 N–H and O–H groups in total. The van der Waals surface area contributed by atoms with Gasteiger partial charge >= 0.3 is 0 Å². The lowest BCUT2D eigenvalue weighted by Crippen LogP contribution is -2.65. The minimum absolute atomic E-state index is 0.0301. The van der Waals surface area contributed by atoms with Crippen LogP contribution in [0.15, 0.2) is 22.8 Å². The Kier molecular flexibility index (Phi) is 5.45. The van der Waals surface area contributed by atoms with Crippen LogP contribution in [0.2, 0.25) is 0 Å². The molecular formula is C23H33N3O3. The van der Waals surface area contributed by atoms with Gasteiger partial charge in [-0.2, -0.15) is 0 Å². The van der Waals surface area contributed by atoms with Crippen LogP contribution >= 0.6 is 0 Å². The lowest BCUT2D eigenvalue weighted by Gasteiger charge is -2.44. The Hall–Kier alpha value is -2.24. The first-order valence-electron chi connectivity index (χ1n) is 11.1. The van der Waals surface area contributed by atoms with Crippen molar-refractivity contribution in [3.05, 3.63) is 24.1 Å². The van der Waals surface area contributed by atoms with E-state index < -0.39 is 5.54 Å². The number of nitrogens with one attached hydrogen (secondary N) is 1. The highest BCUT2D eigenvalue weighted by Gasteiger charge is 2.48. The number of amides is 2. The Morgan fingerprint density at radius 2 is 2.00 bits per heavy atom. The van der Waals surface area contributed by atoms with Crippen LogP contribution in [0.25, 0.3) is 11.1 Å². The van der Waals surface area contributed by atoms with Gasteiger partial charge in [0.15, 0.2) is 5.58 Å². The van der Waals surface area contributed by atoms with E-state index in [-0.39, 0.29) is 17.9 Å². The number of nitrogens with zero attached hydrogens (tertiary/aromatic N) is 2. The fourth-order valence-electron chi connectivity index (χ4n) is 4.77. The highest BCUT2D eigenvalue weighted by atomic mass is 16.3. The second-order valence-corrected chi connectivity index (χ2v) is 9.36. The molecule has 1 saturated carbocycles. The molecule has 2 aromatic rings. The van der Waals surface area contributed by atoms with Crippen LogP contribution < -0.4 is 5.32 Å². The summed E-state index contributed by atoms with van der Waals surface area (Å²) in [4.78, 5) is 28.8. The predicted octanol–water partition coefficient (Wildman–Crippen LogP) is 4.33. The molecule has 158 valence electrons. The van der Waals surface area contributed by atoms with E-state index in [2.05, 4.69) is 19.2 Å². The number of carbonyl (C=O) groups excluding carboxylic acids is 2. The van der Waals surface area contributed by atoms with Gasteiger partial charge in [0, 0.05) is 24.7 Å². The van der Waals surface area contributed by atoms with Crippen LogP contribution in [0.1, 0.15) is 76.2 Å². The zero-order valence-electron chi connectivity index (χ0n) is 17.9.